The van der Waals surface area contributed by atoms with Gasteiger partial charge < -0.3 is 10.2 Å². The van der Waals surface area contributed by atoms with Gasteiger partial charge >= 0.3 is 0 Å². The van der Waals surface area contributed by atoms with Gasteiger partial charge in [-0.3, -0.25) is 9.59 Å². The minimum atomic E-state index is -0.105. The third-order valence-electron chi connectivity index (χ3n) is 3.47. The van der Waals surface area contributed by atoms with Crippen LogP contribution in [-0.4, -0.2) is 29.0 Å². The fraction of sp³-hybridized carbons (Fsp3) is 0.176. The van der Waals surface area contributed by atoms with Crippen molar-refractivity contribution in [3.05, 3.63) is 57.8 Å². The van der Waals surface area contributed by atoms with Crippen LogP contribution in [0.15, 0.2) is 47.9 Å². The van der Waals surface area contributed by atoms with E-state index in [4.69, 9.17) is 11.6 Å². The third-order valence-corrected chi connectivity index (χ3v) is 5.76. The minimum absolute atomic E-state index is 0.0479. The molecule has 4 nitrogen and oxygen atoms in total. The number of hydrogen-bond donors (Lipinski definition) is 1. The Hall–Kier alpha value is -1.76. The summed E-state index contributed by atoms with van der Waals surface area (Å²) in [5.41, 5.74) is 1.24. The largest absolute Gasteiger partial charge is 0.330 e. The number of thiophene rings is 1. The number of anilines is 1. The number of rotatable bonds is 5. The highest BCUT2D eigenvalue weighted by atomic mass is 35.5. The van der Waals surface area contributed by atoms with Gasteiger partial charge in [0.1, 0.15) is 0 Å². The van der Waals surface area contributed by atoms with Crippen LogP contribution in [0.4, 0.5) is 5.69 Å². The van der Waals surface area contributed by atoms with E-state index in [0.717, 1.165) is 9.77 Å². The topological polar surface area (TPSA) is 49.4 Å². The summed E-state index contributed by atoms with van der Waals surface area (Å²) in [7, 11) is 0. The van der Waals surface area contributed by atoms with Gasteiger partial charge in [0.25, 0.3) is 5.91 Å². The van der Waals surface area contributed by atoms with E-state index in [2.05, 4.69) is 11.9 Å². The van der Waals surface area contributed by atoms with E-state index in [1.54, 1.807) is 23.1 Å². The number of benzene rings is 1. The van der Waals surface area contributed by atoms with Gasteiger partial charge in [-0.1, -0.05) is 17.7 Å². The van der Waals surface area contributed by atoms with Crippen LogP contribution in [0.1, 0.15) is 15.2 Å². The molecular formula is C17H15ClN2O2S2. The maximum absolute atomic E-state index is 12.8. The average molecular weight is 379 g/mol. The number of thioether (sulfide) groups is 1. The molecule has 1 aromatic heterocycles. The normalized spacial score (nSPS) is 13.1. The van der Waals surface area contributed by atoms with Crippen molar-refractivity contribution in [2.24, 2.45) is 0 Å². The van der Waals surface area contributed by atoms with E-state index in [1.807, 2.05) is 18.2 Å². The van der Waals surface area contributed by atoms with Crippen LogP contribution in [0, 0.1) is 0 Å². The quantitative estimate of drug-likeness (QED) is 0.790. The molecule has 124 valence electrons. The van der Waals surface area contributed by atoms with Crippen molar-refractivity contribution < 1.29 is 9.59 Å². The summed E-state index contributed by atoms with van der Waals surface area (Å²) in [4.78, 5) is 28.1. The van der Waals surface area contributed by atoms with Crippen LogP contribution in [-0.2, 0) is 11.3 Å². The van der Waals surface area contributed by atoms with Crippen molar-refractivity contribution in [2.75, 3.05) is 17.6 Å². The molecule has 1 aliphatic rings. The number of carbonyl (C=O) groups is 2. The zero-order valence-corrected chi connectivity index (χ0v) is 15.1. The van der Waals surface area contributed by atoms with Gasteiger partial charge in [0, 0.05) is 21.9 Å². The number of nitrogens with one attached hydrogen (secondary N) is 1. The fourth-order valence-corrected chi connectivity index (χ4v) is 4.29. The summed E-state index contributed by atoms with van der Waals surface area (Å²) < 4.78 is 0.699. The first-order valence-corrected chi connectivity index (χ1v) is 9.46. The molecule has 0 bridgehead atoms. The summed E-state index contributed by atoms with van der Waals surface area (Å²) in [6, 6.07) is 9.15. The predicted octanol–water partition coefficient (Wildman–Crippen LogP) is 4.27. The first-order valence-electron chi connectivity index (χ1n) is 7.28. The number of fused-ring (bicyclic) bond motifs is 1. The van der Waals surface area contributed by atoms with E-state index in [0.29, 0.717) is 34.4 Å². The predicted molar refractivity (Wildman–Crippen MR) is 100 cm³/mol. The maximum Gasteiger partial charge on any atom is 0.254 e. The number of halogens is 1. The molecule has 3 rings (SSSR count). The van der Waals surface area contributed by atoms with Gasteiger partial charge in [-0.25, -0.2) is 0 Å². The average Bonchev–Trinajstić information content (AvgIpc) is 2.98. The van der Waals surface area contributed by atoms with E-state index in [9.17, 15) is 9.59 Å². The Bertz CT molecular complexity index is 804. The fourth-order valence-electron chi connectivity index (χ4n) is 2.40. The smallest absolute Gasteiger partial charge is 0.254 e. The first kappa shape index (κ1) is 17.1. The van der Waals surface area contributed by atoms with Crippen molar-refractivity contribution in [2.45, 2.75) is 11.4 Å². The van der Waals surface area contributed by atoms with E-state index < -0.39 is 0 Å². The van der Waals surface area contributed by atoms with E-state index in [-0.39, 0.29) is 11.8 Å². The molecule has 0 fully saturated rings. The van der Waals surface area contributed by atoms with Crippen molar-refractivity contribution in [1.29, 1.82) is 0 Å². The molecule has 1 aromatic carbocycles. The lowest BCUT2D eigenvalue weighted by molar-refractivity contribution is -0.113. The lowest BCUT2D eigenvalue weighted by Crippen LogP contribution is -2.30. The summed E-state index contributed by atoms with van der Waals surface area (Å²) in [5.74, 6) is 0.252. The maximum atomic E-state index is 12.8. The third kappa shape index (κ3) is 3.83. The zero-order chi connectivity index (χ0) is 17.1. The lowest BCUT2D eigenvalue weighted by atomic mass is 10.1. The Labute approximate surface area is 153 Å². The molecule has 24 heavy (non-hydrogen) atoms. The molecule has 0 saturated carbocycles. The summed E-state index contributed by atoms with van der Waals surface area (Å²) >= 11 is 8.89. The van der Waals surface area contributed by atoms with Gasteiger partial charge in [0.15, 0.2) is 0 Å². The van der Waals surface area contributed by atoms with Crippen LogP contribution < -0.4 is 5.32 Å². The van der Waals surface area contributed by atoms with Crippen LogP contribution in [0.3, 0.4) is 0 Å². The first-order chi connectivity index (χ1) is 11.6. The standard InChI is InChI=1S/C17H15ClN2O2S2/c1-2-7-20(9-12-4-6-15(18)24-12)17(22)11-3-5-14-13(8-11)19-16(21)10-23-14/h2-6,8H,1,7,9-10H2,(H,19,21). The molecule has 0 saturated heterocycles. The molecule has 0 spiro atoms. The number of carbonyl (C=O) groups excluding carboxylic acids is 2. The number of amides is 2. The molecule has 0 unspecified atom stereocenters. The van der Waals surface area contributed by atoms with Gasteiger partial charge in [0.05, 0.1) is 22.3 Å². The second-order valence-corrected chi connectivity index (χ2v) is 8.04. The molecule has 7 heteroatoms. The molecule has 0 atom stereocenters. The van der Waals surface area contributed by atoms with E-state index in [1.165, 1.54) is 23.1 Å². The van der Waals surface area contributed by atoms with Crippen molar-refractivity contribution in [1.82, 2.24) is 4.90 Å². The molecule has 1 aliphatic heterocycles. The Morgan fingerprint density at radius 2 is 2.21 bits per heavy atom. The molecule has 1 N–H and O–H groups in total. The highest BCUT2D eigenvalue weighted by Crippen LogP contribution is 2.32. The van der Waals surface area contributed by atoms with Crippen LogP contribution in [0.2, 0.25) is 4.34 Å². The molecule has 2 heterocycles. The Morgan fingerprint density at radius 1 is 1.38 bits per heavy atom. The van der Waals surface area contributed by atoms with Crippen LogP contribution in [0.25, 0.3) is 0 Å². The van der Waals surface area contributed by atoms with Crippen molar-refractivity contribution in [3.63, 3.8) is 0 Å². The van der Waals surface area contributed by atoms with Crippen LogP contribution in [0.5, 0.6) is 0 Å². The summed E-state index contributed by atoms with van der Waals surface area (Å²) in [6.45, 7) is 4.64. The molecule has 2 amide bonds. The number of hydrogen-bond acceptors (Lipinski definition) is 4. The second-order valence-electron chi connectivity index (χ2n) is 5.23. The second kappa shape index (κ2) is 7.42. The molecule has 0 radical (unpaired) electrons. The summed E-state index contributed by atoms with van der Waals surface area (Å²) in [6.07, 6.45) is 1.70. The SMILES string of the molecule is C=CCN(Cc1ccc(Cl)s1)C(=O)c1ccc2c(c1)NC(=O)CS2. The molecule has 2 aromatic rings. The van der Waals surface area contributed by atoms with Gasteiger partial charge in [-0.05, 0) is 30.3 Å². The Morgan fingerprint density at radius 3 is 2.92 bits per heavy atom. The van der Waals surface area contributed by atoms with Crippen molar-refractivity contribution in [3.8, 4) is 0 Å². The van der Waals surface area contributed by atoms with Crippen LogP contribution >= 0.6 is 34.7 Å². The Balaban J connectivity index is 1.83. The monoisotopic (exact) mass is 378 g/mol. The zero-order valence-electron chi connectivity index (χ0n) is 12.8. The molecule has 0 aliphatic carbocycles. The van der Waals surface area contributed by atoms with Gasteiger partial charge in [-0.15, -0.1) is 29.7 Å². The van der Waals surface area contributed by atoms with Gasteiger partial charge in [-0.2, -0.15) is 0 Å². The van der Waals surface area contributed by atoms with E-state index >= 15 is 0 Å². The summed E-state index contributed by atoms with van der Waals surface area (Å²) in [5, 5.41) is 2.81. The minimum Gasteiger partial charge on any atom is -0.330 e. The molecular weight excluding hydrogens is 364 g/mol. The Kier molecular flexibility index (Phi) is 5.28. The highest BCUT2D eigenvalue weighted by molar-refractivity contribution is 8.00. The van der Waals surface area contributed by atoms with Gasteiger partial charge in [0.2, 0.25) is 5.91 Å². The van der Waals surface area contributed by atoms with Crippen molar-refractivity contribution >= 4 is 52.2 Å². The highest BCUT2D eigenvalue weighted by Gasteiger charge is 2.20. The number of nitrogens with zero attached hydrogens (tertiary/aromatic N) is 1. The lowest BCUT2D eigenvalue weighted by Gasteiger charge is -2.22.